The SMILES string of the molecule is Clc1ccc(O[B]Oc2ccc(Cl)cc2Cl)c(Cl)c1. The normalized spacial score (nSPS) is 10.1. The minimum Gasteiger partial charge on any atom is -0.525 e. The quantitative estimate of drug-likeness (QED) is 0.707. The molecule has 2 aromatic rings. The molecule has 2 aromatic carbocycles. The minimum atomic E-state index is 0.384. The van der Waals surface area contributed by atoms with Gasteiger partial charge in [-0.15, -0.1) is 0 Å². The molecule has 0 aliphatic rings. The van der Waals surface area contributed by atoms with Gasteiger partial charge in [0.1, 0.15) is 11.5 Å². The molecule has 0 aromatic heterocycles. The molecule has 0 unspecified atom stereocenters. The Labute approximate surface area is 131 Å². The lowest BCUT2D eigenvalue weighted by atomic mass is 10.3. The summed E-state index contributed by atoms with van der Waals surface area (Å²) < 4.78 is 10.5. The van der Waals surface area contributed by atoms with Crippen LogP contribution in [0.5, 0.6) is 11.5 Å². The van der Waals surface area contributed by atoms with Crippen molar-refractivity contribution < 1.29 is 9.31 Å². The van der Waals surface area contributed by atoms with E-state index in [1.807, 2.05) is 0 Å². The Morgan fingerprint density at radius 1 is 0.684 bits per heavy atom. The minimum absolute atomic E-state index is 0.384. The molecule has 2 rings (SSSR count). The van der Waals surface area contributed by atoms with Gasteiger partial charge in [-0.05, 0) is 36.4 Å². The summed E-state index contributed by atoms with van der Waals surface area (Å²) in [6.45, 7) is 0. The molecule has 0 saturated carbocycles. The summed E-state index contributed by atoms with van der Waals surface area (Å²) in [6.07, 6.45) is 0. The lowest BCUT2D eigenvalue weighted by Gasteiger charge is -2.09. The predicted octanol–water partition coefficient (Wildman–Crippen LogP) is 5.29. The zero-order valence-corrected chi connectivity index (χ0v) is 12.4. The van der Waals surface area contributed by atoms with Gasteiger partial charge in [-0.1, -0.05) is 46.4 Å². The molecule has 19 heavy (non-hydrogen) atoms. The second kappa shape index (κ2) is 6.62. The fourth-order valence-corrected chi connectivity index (χ4v) is 2.18. The fourth-order valence-electron chi connectivity index (χ4n) is 1.27. The van der Waals surface area contributed by atoms with Crippen LogP contribution in [0, 0.1) is 0 Å². The molecule has 1 radical (unpaired) electrons. The van der Waals surface area contributed by atoms with E-state index in [0.29, 0.717) is 31.6 Å². The molecule has 0 aliphatic heterocycles. The molecule has 0 bridgehead atoms. The van der Waals surface area contributed by atoms with Crippen LogP contribution >= 0.6 is 46.4 Å². The van der Waals surface area contributed by atoms with Crippen LogP contribution in [0.25, 0.3) is 0 Å². The molecule has 0 saturated heterocycles. The Bertz CT molecular complexity index is 540. The topological polar surface area (TPSA) is 18.5 Å². The van der Waals surface area contributed by atoms with Gasteiger partial charge in [-0.25, -0.2) is 0 Å². The van der Waals surface area contributed by atoms with Crippen LogP contribution in [0.1, 0.15) is 0 Å². The van der Waals surface area contributed by atoms with Gasteiger partial charge in [0.25, 0.3) is 0 Å². The molecule has 2 nitrogen and oxygen atoms in total. The Balaban J connectivity index is 1.96. The van der Waals surface area contributed by atoms with Crippen LogP contribution in [0.2, 0.25) is 20.1 Å². The molecule has 0 atom stereocenters. The van der Waals surface area contributed by atoms with Gasteiger partial charge in [0.15, 0.2) is 0 Å². The first kappa shape index (κ1) is 14.7. The molecule has 7 heteroatoms. The molecular weight excluding hydrogens is 329 g/mol. The first-order chi connectivity index (χ1) is 9.06. The van der Waals surface area contributed by atoms with Gasteiger partial charge >= 0.3 is 7.69 Å². The molecule has 0 N–H and O–H groups in total. The lowest BCUT2D eigenvalue weighted by molar-refractivity contribution is 0.459. The smallest absolute Gasteiger partial charge is 0.525 e. The van der Waals surface area contributed by atoms with E-state index in [9.17, 15) is 0 Å². The highest BCUT2D eigenvalue weighted by atomic mass is 35.5. The molecule has 0 heterocycles. The summed E-state index contributed by atoms with van der Waals surface area (Å²) in [6, 6.07) is 9.73. The maximum absolute atomic E-state index is 5.93. The Hall–Kier alpha value is -0.735. The van der Waals surface area contributed by atoms with E-state index in [-0.39, 0.29) is 0 Å². The van der Waals surface area contributed by atoms with Gasteiger partial charge < -0.3 is 9.31 Å². The highest BCUT2D eigenvalue weighted by molar-refractivity contribution is 6.37. The monoisotopic (exact) mass is 333 g/mol. The Morgan fingerprint density at radius 2 is 1.11 bits per heavy atom. The molecule has 0 fully saturated rings. The van der Waals surface area contributed by atoms with Crippen molar-refractivity contribution in [2.75, 3.05) is 0 Å². The second-order valence-electron chi connectivity index (χ2n) is 3.48. The van der Waals surface area contributed by atoms with Crippen molar-refractivity contribution in [2.45, 2.75) is 0 Å². The van der Waals surface area contributed by atoms with Gasteiger partial charge in [-0.3, -0.25) is 0 Å². The summed E-state index contributed by atoms with van der Waals surface area (Å²) in [5, 5.41) is 1.82. The van der Waals surface area contributed by atoms with Crippen LogP contribution in [-0.4, -0.2) is 7.69 Å². The average Bonchev–Trinajstić information content (AvgIpc) is 2.34. The zero-order valence-electron chi connectivity index (χ0n) is 9.37. The maximum Gasteiger partial charge on any atom is 0.658 e. The Kier molecular flexibility index (Phi) is 5.11. The lowest BCUT2D eigenvalue weighted by Crippen LogP contribution is -2.11. The third-order valence-corrected chi connectivity index (χ3v) is 3.20. The molecule has 0 spiro atoms. The zero-order chi connectivity index (χ0) is 13.8. The third-order valence-electron chi connectivity index (χ3n) is 2.14. The van der Waals surface area contributed by atoms with Gasteiger partial charge in [0.05, 0.1) is 10.0 Å². The standard InChI is InChI=1S/C12H6BCl4O2/c14-7-1-3-11(9(16)5-7)18-13-19-12-4-2-8(15)6-10(12)17/h1-6H. The van der Waals surface area contributed by atoms with Crippen molar-refractivity contribution in [3.8, 4) is 11.5 Å². The van der Waals surface area contributed by atoms with Crippen LogP contribution < -0.4 is 9.31 Å². The predicted molar refractivity (Wildman–Crippen MR) is 79.9 cm³/mol. The number of hydrogen-bond donors (Lipinski definition) is 0. The highest BCUT2D eigenvalue weighted by Crippen LogP contribution is 2.29. The number of benzene rings is 2. The van der Waals surface area contributed by atoms with Crippen molar-refractivity contribution in [2.24, 2.45) is 0 Å². The highest BCUT2D eigenvalue weighted by Gasteiger charge is 2.08. The van der Waals surface area contributed by atoms with E-state index >= 15 is 0 Å². The summed E-state index contributed by atoms with van der Waals surface area (Å²) in [5.74, 6) is 0.854. The van der Waals surface area contributed by atoms with E-state index in [0.717, 1.165) is 7.69 Å². The van der Waals surface area contributed by atoms with E-state index in [1.54, 1.807) is 36.4 Å². The third kappa shape index (κ3) is 4.12. The van der Waals surface area contributed by atoms with E-state index < -0.39 is 0 Å². The number of rotatable bonds is 4. The van der Waals surface area contributed by atoms with Gasteiger partial charge in [-0.2, -0.15) is 0 Å². The molecule has 97 valence electrons. The molecule has 0 amide bonds. The largest absolute Gasteiger partial charge is 0.658 e. The van der Waals surface area contributed by atoms with E-state index in [4.69, 9.17) is 55.7 Å². The second-order valence-corrected chi connectivity index (χ2v) is 5.17. The summed E-state index contributed by atoms with van der Waals surface area (Å²) in [4.78, 5) is 0. The van der Waals surface area contributed by atoms with Gasteiger partial charge in [0.2, 0.25) is 0 Å². The summed E-state index contributed by atoms with van der Waals surface area (Å²) >= 11 is 23.4. The summed E-state index contributed by atoms with van der Waals surface area (Å²) in [5.41, 5.74) is 0. The van der Waals surface area contributed by atoms with Crippen LogP contribution in [-0.2, 0) is 0 Å². The van der Waals surface area contributed by atoms with Crippen molar-refractivity contribution in [1.82, 2.24) is 0 Å². The van der Waals surface area contributed by atoms with Crippen LogP contribution in [0.4, 0.5) is 0 Å². The van der Waals surface area contributed by atoms with Crippen LogP contribution in [0.15, 0.2) is 36.4 Å². The average molecular weight is 335 g/mol. The van der Waals surface area contributed by atoms with Crippen molar-refractivity contribution >= 4 is 54.1 Å². The fraction of sp³-hybridized carbons (Fsp3) is 0. The first-order valence-corrected chi connectivity index (χ1v) is 6.62. The first-order valence-electron chi connectivity index (χ1n) is 5.11. The van der Waals surface area contributed by atoms with Crippen molar-refractivity contribution in [1.29, 1.82) is 0 Å². The van der Waals surface area contributed by atoms with E-state index in [2.05, 4.69) is 0 Å². The summed E-state index contributed by atoms with van der Waals surface area (Å²) in [7, 11) is 1.13. The van der Waals surface area contributed by atoms with Crippen molar-refractivity contribution in [3.05, 3.63) is 56.5 Å². The van der Waals surface area contributed by atoms with Gasteiger partial charge in [0, 0.05) is 10.0 Å². The van der Waals surface area contributed by atoms with E-state index in [1.165, 1.54) is 0 Å². The maximum atomic E-state index is 5.93. The molecular formula is C12H6BCl4O2. The Morgan fingerprint density at radius 3 is 1.47 bits per heavy atom. The molecule has 0 aliphatic carbocycles. The van der Waals surface area contributed by atoms with Crippen molar-refractivity contribution in [3.63, 3.8) is 0 Å². The number of hydrogen-bond acceptors (Lipinski definition) is 2. The number of halogens is 4. The van der Waals surface area contributed by atoms with Crippen LogP contribution in [0.3, 0.4) is 0 Å².